The molecule has 0 aliphatic carbocycles. The van der Waals surface area contributed by atoms with Crippen molar-refractivity contribution in [3.63, 3.8) is 0 Å². The fourth-order valence-electron chi connectivity index (χ4n) is 3.26. The van der Waals surface area contributed by atoms with Crippen molar-refractivity contribution in [1.29, 1.82) is 0 Å². The maximum absolute atomic E-state index is 12.5. The number of Topliss-reactive ketones (excluding diaryl/α,β-unsaturated/α-hetero) is 1. The first kappa shape index (κ1) is 23.6. The minimum atomic E-state index is -0.679. The summed E-state index contributed by atoms with van der Waals surface area (Å²) in [5, 5.41) is 3.25. The van der Waals surface area contributed by atoms with Gasteiger partial charge in [0.05, 0.1) is 17.9 Å². The standard InChI is InChI=1S/C25H26N2O6/c1-4-31-25(30)23-16(2)24(26-17(23)3)21(28)14-33-22(29)15-32-20-12-10-19(11-13-20)27-18-8-6-5-7-9-18/h5-13,26-27H,4,14-15H2,1-3H3. The molecular formula is C25H26N2O6. The average Bonchev–Trinajstić information content (AvgIpc) is 3.11. The Hall–Kier alpha value is -4.07. The van der Waals surface area contributed by atoms with Gasteiger partial charge in [0.1, 0.15) is 5.75 Å². The zero-order valence-electron chi connectivity index (χ0n) is 18.8. The SMILES string of the molecule is CCOC(=O)c1c(C)[nH]c(C(=O)COC(=O)COc2ccc(Nc3ccccc3)cc2)c1C. The van der Waals surface area contributed by atoms with Gasteiger partial charge in [0.2, 0.25) is 5.78 Å². The molecule has 3 rings (SSSR count). The second-order valence-electron chi connectivity index (χ2n) is 7.23. The van der Waals surface area contributed by atoms with E-state index >= 15 is 0 Å². The summed E-state index contributed by atoms with van der Waals surface area (Å²) < 4.78 is 15.5. The number of aryl methyl sites for hydroxylation is 1. The van der Waals surface area contributed by atoms with E-state index in [0.29, 0.717) is 22.6 Å². The largest absolute Gasteiger partial charge is 0.482 e. The molecule has 2 N–H and O–H groups in total. The summed E-state index contributed by atoms with van der Waals surface area (Å²) >= 11 is 0. The van der Waals surface area contributed by atoms with Crippen molar-refractivity contribution >= 4 is 29.1 Å². The van der Waals surface area contributed by atoms with Crippen LogP contribution < -0.4 is 10.1 Å². The number of hydrogen-bond donors (Lipinski definition) is 2. The Balaban J connectivity index is 1.48. The van der Waals surface area contributed by atoms with E-state index in [2.05, 4.69) is 10.3 Å². The van der Waals surface area contributed by atoms with Crippen LogP contribution in [0.3, 0.4) is 0 Å². The van der Waals surface area contributed by atoms with Crippen molar-refractivity contribution in [2.45, 2.75) is 20.8 Å². The first-order chi connectivity index (χ1) is 15.9. The summed E-state index contributed by atoms with van der Waals surface area (Å²) in [6, 6.07) is 16.8. The van der Waals surface area contributed by atoms with Gasteiger partial charge in [-0.2, -0.15) is 0 Å². The van der Waals surface area contributed by atoms with E-state index in [4.69, 9.17) is 14.2 Å². The monoisotopic (exact) mass is 450 g/mol. The minimum Gasteiger partial charge on any atom is -0.482 e. The lowest BCUT2D eigenvalue weighted by Crippen LogP contribution is -2.20. The number of rotatable bonds is 10. The maximum Gasteiger partial charge on any atom is 0.344 e. The van der Waals surface area contributed by atoms with Crippen molar-refractivity contribution in [3.8, 4) is 5.75 Å². The third-order valence-electron chi connectivity index (χ3n) is 4.83. The van der Waals surface area contributed by atoms with E-state index in [1.54, 1.807) is 32.9 Å². The van der Waals surface area contributed by atoms with E-state index in [9.17, 15) is 14.4 Å². The number of carbonyl (C=O) groups excluding carboxylic acids is 3. The summed E-state index contributed by atoms with van der Waals surface area (Å²) in [4.78, 5) is 39.4. The summed E-state index contributed by atoms with van der Waals surface area (Å²) in [6.45, 7) is 4.45. The molecule has 0 spiro atoms. The van der Waals surface area contributed by atoms with Gasteiger partial charge in [-0.1, -0.05) is 18.2 Å². The van der Waals surface area contributed by atoms with Crippen LogP contribution in [0.15, 0.2) is 54.6 Å². The van der Waals surface area contributed by atoms with Crippen LogP contribution in [-0.4, -0.2) is 42.5 Å². The van der Waals surface area contributed by atoms with Crippen LogP contribution >= 0.6 is 0 Å². The van der Waals surface area contributed by atoms with Crippen LogP contribution in [0.4, 0.5) is 11.4 Å². The Morgan fingerprint density at radius 1 is 0.879 bits per heavy atom. The highest BCUT2D eigenvalue weighted by Gasteiger charge is 2.23. The molecule has 0 aliphatic rings. The Labute approximate surface area is 191 Å². The number of esters is 2. The van der Waals surface area contributed by atoms with Crippen LogP contribution in [-0.2, 0) is 14.3 Å². The zero-order chi connectivity index (χ0) is 23.8. The number of anilines is 2. The second kappa shape index (κ2) is 11.0. The van der Waals surface area contributed by atoms with Gasteiger partial charge in [-0.15, -0.1) is 0 Å². The van der Waals surface area contributed by atoms with Gasteiger partial charge in [0.15, 0.2) is 13.2 Å². The summed E-state index contributed by atoms with van der Waals surface area (Å²) in [5.74, 6) is -1.14. The fraction of sp³-hybridized carbons (Fsp3) is 0.240. The predicted octanol–water partition coefficient (Wildman–Crippen LogP) is 4.36. The van der Waals surface area contributed by atoms with E-state index in [0.717, 1.165) is 11.4 Å². The van der Waals surface area contributed by atoms with E-state index < -0.39 is 24.3 Å². The number of para-hydroxylation sites is 1. The number of nitrogens with one attached hydrogen (secondary N) is 2. The van der Waals surface area contributed by atoms with Crippen LogP contribution in [0.5, 0.6) is 5.75 Å². The number of aromatic nitrogens is 1. The molecule has 0 radical (unpaired) electrons. The molecule has 172 valence electrons. The zero-order valence-corrected chi connectivity index (χ0v) is 18.8. The van der Waals surface area contributed by atoms with Crippen molar-refractivity contribution in [3.05, 3.63) is 77.1 Å². The van der Waals surface area contributed by atoms with Gasteiger partial charge in [0, 0.05) is 17.1 Å². The number of ether oxygens (including phenoxy) is 3. The Kier molecular flexibility index (Phi) is 7.86. The van der Waals surface area contributed by atoms with Crippen LogP contribution in [0.25, 0.3) is 0 Å². The Morgan fingerprint density at radius 3 is 2.21 bits per heavy atom. The second-order valence-corrected chi connectivity index (χ2v) is 7.23. The summed E-state index contributed by atoms with van der Waals surface area (Å²) in [7, 11) is 0. The smallest absolute Gasteiger partial charge is 0.344 e. The van der Waals surface area contributed by atoms with Crippen molar-refractivity contribution in [1.82, 2.24) is 4.98 Å². The Bertz CT molecular complexity index is 1120. The number of aromatic amines is 1. The summed E-state index contributed by atoms with van der Waals surface area (Å²) in [6.07, 6.45) is 0. The lowest BCUT2D eigenvalue weighted by molar-refractivity contribution is -0.144. The van der Waals surface area contributed by atoms with E-state index in [1.165, 1.54) is 0 Å². The number of ketones is 1. The molecule has 2 aromatic carbocycles. The number of carbonyl (C=O) groups is 3. The van der Waals surface area contributed by atoms with Gasteiger partial charge in [-0.05, 0) is 62.7 Å². The molecule has 0 saturated heterocycles. The van der Waals surface area contributed by atoms with Gasteiger partial charge in [0.25, 0.3) is 0 Å². The van der Waals surface area contributed by atoms with Crippen LogP contribution in [0, 0.1) is 13.8 Å². The van der Waals surface area contributed by atoms with E-state index in [1.807, 2.05) is 42.5 Å². The molecule has 0 bridgehead atoms. The lowest BCUT2D eigenvalue weighted by Gasteiger charge is -2.09. The molecule has 33 heavy (non-hydrogen) atoms. The van der Waals surface area contributed by atoms with Gasteiger partial charge >= 0.3 is 11.9 Å². The highest BCUT2D eigenvalue weighted by atomic mass is 16.6. The molecule has 1 aromatic heterocycles. The fourth-order valence-corrected chi connectivity index (χ4v) is 3.26. The van der Waals surface area contributed by atoms with Crippen molar-refractivity contribution in [2.75, 3.05) is 25.1 Å². The average molecular weight is 450 g/mol. The molecule has 8 heteroatoms. The number of hydrogen-bond acceptors (Lipinski definition) is 7. The topological polar surface area (TPSA) is 107 Å². The van der Waals surface area contributed by atoms with Crippen molar-refractivity contribution in [2.24, 2.45) is 0 Å². The minimum absolute atomic E-state index is 0.214. The number of benzene rings is 2. The van der Waals surface area contributed by atoms with Crippen LogP contribution in [0.1, 0.15) is 39.0 Å². The first-order valence-corrected chi connectivity index (χ1v) is 10.5. The highest BCUT2D eigenvalue weighted by Crippen LogP contribution is 2.21. The first-order valence-electron chi connectivity index (χ1n) is 10.5. The molecule has 8 nitrogen and oxygen atoms in total. The van der Waals surface area contributed by atoms with E-state index in [-0.39, 0.29) is 18.9 Å². The Morgan fingerprint density at radius 2 is 1.55 bits per heavy atom. The third-order valence-corrected chi connectivity index (χ3v) is 4.83. The molecule has 0 unspecified atom stereocenters. The summed E-state index contributed by atoms with van der Waals surface area (Å²) in [5.41, 5.74) is 3.36. The van der Waals surface area contributed by atoms with Crippen molar-refractivity contribution < 1.29 is 28.6 Å². The molecule has 0 amide bonds. The predicted molar refractivity (Wildman–Crippen MR) is 123 cm³/mol. The van der Waals surface area contributed by atoms with Gasteiger partial charge < -0.3 is 24.5 Å². The van der Waals surface area contributed by atoms with Crippen LogP contribution in [0.2, 0.25) is 0 Å². The normalized spacial score (nSPS) is 10.4. The maximum atomic E-state index is 12.5. The molecule has 0 aliphatic heterocycles. The molecule has 0 atom stereocenters. The van der Waals surface area contributed by atoms with Gasteiger partial charge in [-0.25, -0.2) is 9.59 Å². The molecular weight excluding hydrogens is 424 g/mol. The molecule has 1 heterocycles. The number of H-pyrrole nitrogens is 1. The molecule has 3 aromatic rings. The highest BCUT2D eigenvalue weighted by molar-refractivity contribution is 6.02. The third kappa shape index (κ3) is 6.22. The lowest BCUT2D eigenvalue weighted by atomic mass is 10.1. The molecule has 0 saturated carbocycles. The van der Waals surface area contributed by atoms with Gasteiger partial charge in [-0.3, -0.25) is 4.79 Å². The quantitative estimate of drug-likeness (QED) is 0.349. The molecule has 0 fully saturated rings.